The third kappa shape index (κ3) is 3.65. The van der Waals surface area contributed by atoms with E-state index >= 15 is 0 Å². The van der Waals surface area contributed by atoms with Gasteiger partial charge in [-0.3, -0.25) is 0 Å². The van der Waals surface area contributed by atoms with Crippen LogP contribution in [0.4, 0.5) is 16.0 Å². The Morgan fingerprint density at radius 3 is 2.68 bits per heavy atom. The second kappa shape index (κ2) is 6.70. The molecule has 128 valence electrons. The highest BCUT2D eigenvalue weighted by atomic mass is 127. The third-order valence-corrected chi connectivity index (χ3v) is 4.91. The fourth-order valence-electron chi connectivity index (χ4n) is 2.79. The monoisotopic (exact) mass is 449 g/mol. The quantitative estimate of drug-likeness (QED) is 0.459. The van der Waals surface area contributed by atoms with Gasteiger partial charge >= 0.3 is 0 Å². The molecule has 0 bridgehead atoms. The van der Waals surface area contributed by atoms with Crippen molar-refractivity contribution >= 4 is 34.2 Å². The summed E-state index contributed by atoms with van der Waals surface area (Å²) in [4.78, 5) is 8.41. The van der Waals surface area contributed by atoms with Gasteiger partial charge in [-0.25, -0.2) is 19.0 Å². The van der Waals surface area contributed by atoms with Crippen LogP contribution >= 0.6 is 22.6 Å². The minimum atomic E-state index is -0.243. The van der Waals surface area contributed by atoms with Crippen LogP contribution in [0.1, 0.15) is 18.4 Å². The number of aromatic nitrogens is 4. The standard InChI is InChI=1S/C18H17FIN5/c1-11-17(13-4-6-14(19)7-5-13)24-25(9-12-2-3-12)18(11)23-16-8-15(20)21-10-22-16/h4-8,10,12H,2-3,9H2,1H3,(H,21,22,23). The molecule has 0 amide bonds. The zero-order valence-corrected chi connectivity index (χ0v) is 15.9. The van der Waals surface area contributed by atoms with E-state index in [0.29, 0.717) is 5.92 Å². The van der Waals surface area contributed by atoms with Crippen molar-refractivity contribution in [2.45, 2.75) is 26.3 Å². The highest BCUT2D eigenvalue weighted by Gasteiger charge is 2.25. The van der Waals surface area contributed by atoms with Gasteiger partial charge in [-0.15, -0.1) is 0 Å². The average molecular weight is 449 g/mol. The summed E-state index contributed by atoms with van der Waals surface area (Å²) in [5, 5.41) is 8.18. The maximum absolute atomic E-state index is 13.2. The fourth-order valence-corrected chi connectivity index (χ4v) is 3.21. The topological polar surface area (TPSA) is 55.6 Å². The van der Waals surface area contributed by atoms with Crippen LogP contribution in [0.3, 0.4) is 0 Å². The Bertz CT molecular complexity index is 902. The molecule has 25 heavy (non-hydrogen) atoms. The van der Waals surface area contributed by atoms with Crippen LogP contribution < -0.4 is 5.32 Å². The van der Waals surface area contributed by atoms with Crippen LogP contribution in [0.15, 0.2) is 36.7 Å². The Morgan fingerprint density at radius 1 is 1.24 bits per heavy atom. The fraction of sp³-hybridized carbons (Fsp3) is 0.278. The largest absolute Gasteiger partial charge is 0.325 e. The zero-order valence-electron chi connectivity index (χ0n) is 13.7. The Morgan fingerprint density at radius 2 is 2.00 bits per heavy atom. The van der Waals surface area contributed by atoms with Crippen molar-refractivity contribution in [2.75, 3.05) is 5.32 Å². The van der Waals surface area contributed by atoms with Crippen molar-refractivity contribution in [1.29, 1.82) is 0 Å². The SMILES string of the molecule is Cc1c(-c2ccc(F)cc2)nn(CC2CC2)c1Nc1cc(I)ncn1. The molecule has 0 aliphatic heterocycles. The van der Waals surface area contributed by atoms with Crippen LogP contribution in [0, 0.1) is 22.4 Å². The highest BCUT2D eigenvalue weighted by Crippen LogP contribution is 2.35. The lowest BCUT2D eigenvalue weighted by atomic mass is 10.1. The Labute approximate surface area is 158 Å². The molecule has 7 heteroatoms. The predicted octanol–water partition coefficient (Wildman–Crippen LogP) is 4.55. The van der Waals surface area contributed by atoms with Gasteiger partial charge in [0.25, 0.3) is 0 Å². The van der Waals surface area contributed by atoms with E-state index in [1.54, 1.807) is 18.5 Å². The van der Waals surface area contributed by atoms with Crippen LogP contribution in [-0.4, -0.2) is 19.7 Å². The first-order valence-electron chi connectivity index (χ1n) is 8.18. The van der Waals surface area contributed by atoms with Crippen molar-refractivity contribution in [3.63, 3.8) is 0 Å². The van der Waals surface area contributed by atoms with Crippen molar-refractivity contribution in [2.24, 2.45) is 5.92 Å². The van der Waals surface area contributed by atoms with Crippen molar-refractivity contribution in [3.05, 3.63) is 51.7 Å². The van der Waals surface area contributed by atoms with Crippen molar-refractivity contribution in [3.8, 4) is 11.3 Å². The first kappa shape index (κ1) is 16.4. The Hall–Kier alpha value is -2.03. The van der Waals surface area contributed by atoms with Gasteiger partial charge in [0.1, 0.15) is 27.5 Å². The van der Waals surface area contributed by atoms with E-state index in [0.717, 1.165) is 38.7 Å². The molecule has 0 radical (unpaired) electrons. The lowest BCUT2D eigenvalue weighted by Gasteiger charge is -2.10. The molecule has 0 spiro atoms. The van der Waals surface area contributed by atoms with Gasteiger partial charge in [-0.2, -0.15) is 5.10 Å². The maximum Gasteiger partial charge on any atom is 0.135 e. The van der Waals surface area contributed by atoms with Crippen molar-refractivity contribution < 1.29 is 4.39 Å². The summed E-state index contributed by atoms with van der Waals surface area (Å²) >= 11 is 2.16. The number of rotatable bonds is 5. The third-order valence-electron chi connectivity index (χ3n) is 4.32. The molecule has 3 aromatic rings. The minimum absolute atomic E-state index is 0.243. The number of nitrogens with zero attached hydrogens (tertiary/aromatic N) is 4. The smallest absolute Gasteiger partial charge is 0.135 e. The number of hydrogen-bond acceptors (Lipinski definition) is 4. The van der Waals surface area contributed by atoms with Gasteiger partial charge in [-0.05, 0) is 72.5 Å². The zero-order chi connectivity index (χ0) is 17.4. The number of benzene rings is 1. The summed E-state index contributed by atoms with van der Waals surface area (Å²) in [5.41, 5.74) is 2.81. The number of hydrogen-bond donors (Lipinski definition) is 1. The summed E-state index contributed by atoms with van der Waals surface area (Å²) in [6, 6.07) is 8.36. The minimum Gasteiger partial charge on any atom is -0.325 e. The van der Waals surface area contributed by atoms with Gasteiger partial charge in [-0.1, -0.05) is 0 Å². The normalized spacial score (nSPS) is 13.9. The van der Waals surface area contributed by atoms with Gasteiger partial charge < -0.3 is 5.32 Å². The number of nitrogens with one attached hydrogen (secondary N) is 1. The highest BCUT2D eigenvalue weighted by molar-refractivity contribution is 14.1. The Balaban J connectivity index is 1.74. The van der Waals surface area contributed by atoms with Crippen LogP contribution in [0.2, 0.25) is 0 Å². The molecule has 5 nitrogen and oxygen atoms in total. The first-order chi connectivity index (χ1) is 12.1. The van der Waals surface area contributed by atoms with E-state index in [-0.39, 0.29) is 5.82 Å². The van der Waals surface area contributed by atoms with Gasteiger partial charge in [0.15, 0.2) is 0 Å². The molecule has 1 fully saturated rings. The molecule has 0 unspecified atom stereocenters. The van der Waals surface area contributed by atoms with Gasteiger partial charge in [0.05, 0.1) is 5.69 Å². The molecule has 1 saturated carbocycles. The summed E-state index contributed by atoms with van der Waals surface area (Å²) < 4.78 is 16.1. The number of halogens is 2. The summed E-state index contributed by atoms with van der Waals surface area (Å²) in [5.74, 6) is 2.12. The molecule has 0 atom stereocenters. The van der Waals surface area contributed by atoms with E-state index < -0.39 is 0 Å². The molecular weight excluding hydrogens is 432 g/mol. The van der Waals surface area contributed by atoms with Crippen molar-refractivity contribution in [1.82, 2.24) is 19.7 Å². The molecule has 4 rings (SSSR count). The molecule has 1 aliphatic carbocycles. The second-order valence-electron chi connectivity index (χ2n) is 6.31. The molecule has 2 heterocycles. The van der Waals surface area contributed by atoms with Crippen LogP contribution in [0.5, 0.6) is 0 Å². The van der Waals surface area contributed by atoms with E-state index in [1.807, 2.05) is 17.7 Å². The van der Waals surface area contributed by atoms with Gasteiger partial charge in [0, 0.05) is 23.7 Å². The molecular formula is C18H17FIN5. The summed E-state index contributed by atoms with van der Waals surface area (Å²) in [6.45, 7) is 2.91. The van der Waals surface area contributed by atoms with Crippen LogP contribution in [-0.2, 0) is 6.54 Å². The molecule has 1 aliphatic rings. The van der Waals surface area contributed by atoms with E-state index in [1.165, 1.54) is 25.0 Å². The van der Waals surface area contributed by atoms with E-state index in [9.17, 15) is 4.39 Å². The van der Waals surface area contributed by atoms with Gasteiger partial charge in [0.2, 0.25) is 0 Å². The summed E-state index contributed by atoms with van der Waals surface area (Å²) in [6.07, 6.45) is 4.03. The predicted molar refractivity (Wildman–Crippen MR) is 103 cm³/mol. The van der Waals surface area contributed by atoms with E-state index in [4.69, 9.17) is 5.10 Å². The second-order valence-corrected chi connectivity index (χ2v) is 7.41. The first-order valence-corrected chi connectivity index (χ1v) is 9.26. The molecule has 0 saturated heterocycles. The molecule has 2 aromatic heterocycles. The maximum atomic E-state index is 13.2. The molecule has 1 N–H and O–H groups in total. The lowest BCUT2D eigenvalue weighted by Crippen LogP contribution is -2.08. The van der Waals surface area contributed by atoms with Crippen LogP contribution in [0.25, 0.3) is 11.3 Å². The van der Waals surface area contributed by atoms with E-state index in [2.05, 4.69) is 37.9 Å². The molecule has 1 aromatic carbocycles. The average Bonchev–Trinajstić information content (AvgIpc) is 3.36. The Kier molecular flexibility index (Phi) is 4.41. The summed E-state index contributed by atoms with van der Waals surface area (Å²) in [7, 11) is 0. The number of anilines is 2. The lowest BCUT2D eigenvalue weighted by molar-refractivity contribution is 0.571.